The third kappa shape index (κ3) is 1.89. The summed E-state index contributed by atoms with van der Waals surface area (Å²) in [5.41, 5.74) is 2.51. The average Bonchev–Trinajstić information content (AvgIpc) is 2.79. The molecule has 1 N–H and O–H groups in total. The molecule has 0 amide bonds. The zero-order valence-corrected chi connectivity index (χ0v) is 10.6. The van der Waals surface area contributed by atoms with Gasteiger partial charge in [0.2, 0.25) is 5.71 Å². The Morgan fingerprint density at radius 3 is 2.68 bits per heavy atom. The van der Waals surface area contributed by atoms with Crippen molar-refractivity contribution in [3.05, 3.63) is 46.4 Å². The third-order valence-electron chi connectivity index (χ3n) is 3.04. The molecule has 0 saturated heterocycles. The monoisotopic (exact) mass is 256 g/mol. The van der Waals surface area contributed by atoms with E-state index in [4.69, 9.17) is 9.15 Å². The van der Waals surface area contributed by atoms with E-state index in [1.807, 2.05) is 31.2 Å². The topological polar surface area (TPSA) is 68.1 Å². The van der Waals surface area contributed by atoms with Crippen LogP contribution < -0.4 is 10.4 Å². The summed E-state index contributed by atoms with van der Waals surface area (Å²) < 4.78 is 10.2. The molecule has 19 heavy (non-hydrogen) atoms. The smallest absolute Gasteiger partial charge is 0.338 e. The van der Waals surface area contributed by atoms with Gasteiger partial charge in [-0.2, -0.15) is 0 Å². The van der Waals surface area contributed by atoms with Crippen molar-refractivity contribution < 1.29 is 9.15 Å². The van der Waals surface area contributed by atoms with Gasteiger partial charge >= 0.3 is 5.63 Å². The summed E-state index contributed by atoms with van der Waals surface area (Å²) in [5, 5.41) is 7.64. The van der Waals surface area contributed by atoms with Gasteiger partial charge < -0.3 is 9.15 Å². The maximum Gasteiger partial charge on any atom is 0.338 e. The highest BCUT2D eigenvalue weighted by Crippen LogP contribution is 2.29. The molecule has 3 aromatic rings. The van der Waals surface area contributed by atoms with Gasteiger partial charge in [0.1, 0.15) is 5.75 Å². The predicted octanol–water partition coefficient (Wildman–Crippen LogP) is 2.50. The average molecular weight is 256 g/mol. The van der Waals surface area contributed by atoms with E-state index >= 15 is 0 Å². The second-order valence-electron chi connectivity index (χ2n) is 4.24. The van der Waals surface area contributed by atoms with E-state index in [-0.39, 0.29) is 0 Å². The van der Waals surface area contributed by atoms with Crippen LogP contribution in [0.15, 0.2) is 39.5 Å². The molecule has 0 aliphatic carbocycles. The molecule has 5 nitrogen and oxygen atoms in total. The number of hydrogen-bond donors (Lipinski definition) is 1. The summed E-state index contributed by atoms with van der Waals surface area (Å²) in [5.74, 6) is 0.770. The lowest BCUT2D eigenvalue weighted by molar-refractivity contribution is 0.415. The van der Waals surface area contributed by atoms with E-state index in [0.29, 0.717) is 5.71 Å². The predicted molar refractivity (Wildman–Crippen MR) is 71.4 cm³/mol. The maximum absolute atomic E-state index is 11.6. The van der Waals surface area contributed by atoms with Crippen molar-refractivity contribution in [2.45, 2.75) is 6.92 Å². The van der Waals surface area contributed by atoms with E-state index in [1.165, 1.54) is 6.07 Å². The van der Waals surface area contributed by atoms with Crippen molar-refractivity contribution >= 4 is 11.1 Å². The first kappa shape index (κ1) is 11.5. The fraction of sp³-hybridized carbons (Fsp3) is 0.143. The van der Waals surface area contributed by atoms with Crippen molar-refractivity contribution in [2.75, 3.05) is 7.11 Å². The number of rotatable bonds is 2. The molecule has 0 spiro atoms. The van der Waals surface area contributed by atoms with Crippen LogP contribution in [0.5, 0.6) is 5.75 Å². The van der Waals surface area contributed by atoms with Crippen LogP contribution in [-0.2, 0) is 0 Å². The lowest BCUT2D eigenvalue weighted by atomic mass is 10.0. The normalized spacial score (nSPS) is 10.8. The largest absolute Gasteiger partial charge is 0.497 e. The number of aromatic nitrogens is 2. The summed E-state index contributed by atoms with van der Waals surface area (Å²) in [6.07, 6.45) is 0. The van der Waals surface area contributed by atoms with Crippen molar-refractivity contribution in [3.8, 4) is 16.9 Å². The van der Waals surface area contributed by atoms with Gasteiger partial charge in [-0.05, 0) is 24.6 Å². The minimum atomic E-state index is -0.412. The first-order valence-corrected chi connectivity index (χ1v) is 5.82. The van der Waals surface area contributed by atoms with E-state index in [1.54, 1.807) is 7.11 Å². The molecule has 0 atom stereocenters. The van der Waals surface area contributed by atoms with Crippen LogP contribution in [0.25, 0.3) is 22.2 Å². The number of H-pyrrole nitrogens is 1. The minimum Gasteiger partial charge on any atom is -0.497 e. The highest BCUT2D eigenvalue weighted by molar-refractivity contribution is 5.93. The van der Waals surface area contributed by atoms with Crippen LogP contribution in [0.1, 0.15) is 5.69 Å². The Morgan fingerprint density at radius 1 is 1.26 bits per heavy atom. The zero-order chi connectivity index (χ0) is 13.4. The molecule has 2 aromatic heterocycles. The molecule has 0 saturated carbocycles. The fourth-order valence-corrected chi connectivity index (χ4v) is 2.11. The summed E-state index contributed by atoms with van der Waals surface area (Å²) in [6.45, 7) is 1.89. The Hall–Kier alpha value is -2.56. The maximum atomic E-state index is 11.6. The van der Waals surface area contributed by atoms with E-state index in [0.717, 1.165) is 28.0 Å². The second-order valence-corrected chi connectivity index (χ2v) is 4.24. The first-order valence-electron chi connectivity index (χ1n) is 5.82. The van der Waals surface area contributed by atoms with Crippen molar-refractivity contribution in [1.82, 2.24) is 10.2 Å². The molecule has 1 aromatic carbocycles. The lowest BCUT2D eigenvalue weighted by Crippen LogP contribution is -1.97. The molecule has 0 fully saturated rings. The van der Waals surface area contributed by atoms with Crippen LogP contribution in [0.4, 0.5) is 0 Å². The third-order valence-corrected chi connectivity index (χ3v) is 3.04. The minimum absolute atomic E-state index is 0.329. The number of methoxy groups -OCH3 is 1. The Kier molecular flexibility index (Phi) is 2.59. The standard InChI is InChI=1S/C14H12N2O3/c1-8-13-11(7-12(17)19-14(13)16-15-8)9-3-5-10(18-2)6-4-9/h3-7H,1-2H3,(H,15,16). The molecule has 0 radical (unpaired) electrons. The molecular formula is C14H12N2O3. The molecule has 0 aliphatic heterocycles. The van der Waals surface area contributed by atoms with Crippen molar-refractivity contribution in [1.29, 1.82) is 0 Å². The van der Waals surface area contributed by atoms with Gasteiger partial charge in [0.25, 0.3) is 0 Å². The molecule has 5 heteroatoms. The van der Waals surface area contributed by atoms with E-state index < -0.39 is 5.63 Å². The molecule has 2 heterocycles. The van der Waals surface area contributed by atoms with Crippen LogP contribution in [-0.4, -0.2) is 17.3 Å². The van der Waals surface area contributed by atoms with Crippen LogP contribution in [0, 0.1) is 6.92 Å². The second kappa shape index (κ2) is 4.28. The van der Waals surface area contributed by atoms with Gasteiger partial charge in [0, 0.05) is 17.3 Å². The van der Waals surface area contributed by atoms with Gasteiger partial charge in [-0.25, -0.2) is 4.79 Å². The lowest BCUT2D eigenvalue weighted by Gasteiger charge is -2.04. The Morgan fingerprint density at radius 2 is 2.00 bits per heavy atom. The quantitative estimate of drug-likeness (QED) is 0.764. The number of aryl methyl sites for hydroxylation is 1. The SMILES string of the molecule is COc1ccc(-c2cc(=O)oc3n[nH]c(C)c23)cc1. The summed E-state index contributed by atoms with van der Waals surface area (Å²) in [6, 6.07) is 8.99. The van der Waals surface area contributed by atoms with Gasteiger partial charge in [0.05, 0.1) is 12.5 Å². The molecule has 96 valence electrons. The van der Waals surface area contributed by atoms with E-state index in [2.05, 4.69) is 10.2 Å². The van der Waals surface area contributed by atoms with Gasteiger partial charge in [-0.1, -0.05) is 12.1 Å². The Balaban J connectivity index is 2.28. The molecule has 0 unspecified atom stereocenters. The summed E-state index contributed by atoms with van der Waals surface area (Å²) in [4.78, 5) is 11.6. The molecule has 0 bridgehead atoms. The first-order chi connectivity index (χ1) is 9.19. The van der Waals surface area contributed by atoms with Gasteiger partial charge in [0.15, 0.2) is 0 Å². The summed E-state index contributed by atoms with van der Waals surface area (Å²) in [7, 11) is 1.62. The molecule has 0 aliphatic rings. The number of ether oxygens (including phenoxy) is 1. The van der Waals surface area contributed by atoms with Crippen molar-refractivity contribution in [3.63, 3.8) is 0 Å². The number of aromatic amines is 1. The molecular weight excluding hydrogens is 244 g/mol. The number of benzene rings is 1. The highest BCUT2D eigenvalue weighted by atomic mass is 16.5. The number of nitrogens with zero attached hydrogens (tertiary/aromatic N) is 1. The Labute approximate surface area is 108 Å². The van der Waals surface area contributed by atoms with Gasteiger partial charge in [-0.15, -0.1) is 5.10 Å². The van der Waals surface area contributed by atoms with Crippen LogP contribution in [0.3, 0.4) is 0 Å². The van der Waals surface area contributed by atoms with E-state index in [9.17, 15) is 4.79 Å². The number of nitrogens with one attached hydrogen (secondary N) is 1. The highest BCUT2D eigenvalue weighted by Gasteiger charge is 2.12. The Bertz CT molecular complexity index is 785. The van der Waals surface area contributed by atoms with Crippen LogP contribution in [0.2, 0.25) is 0 Å². The van der Waals surface area contributed by atoms with Gasteiger partial charge in [-0.3, -0.25) is 5.10 Å². The fourth-order valence-electron chi connectivity index (χ4n) is 2.11. The molecule has 3 rings (SSSR count). The number of fused-ring (bicyclic) bond motifs is 1. The van der Waals surface area contributed by atoms with Crippen molar-refractivity contribution in [2.24, 2.45) is 0 Å². The summed E-state index contributed by atoms with van der Waals surface area (Å²) >= 11 is 0. The number of hydrogen-bond acceptors (Lipinski definition) is 4. The van der Waals surface area contributed by atoms with Crippen LogP contribution >= 0.6 is 0 Å². The zero-order valence-electron chi connectivity index (χ0n) is 10.6.